The molecule has 5 rings (SSSR count). The number of benzene rings is 3. The van der Waals surface area contributed by atoms with Gasteiger partial charge in [-0.3, -0.25) is 9.59 Å². The first kappa shape index (κ1) is 23.0. The summed E-state index contributed by atoms with van der Waals surface area (Å²) in [5, 5.41) is 3.22. The van der Waals surface area contributed by atoms with Crippen LogP contribution in [-0.2, 0) is 9.59 Å². The fraction of sp³-hybridized carbons (Fsp3) is 0.310. The summed E-state index contributed by atoms with van der Waals surface area (Å²) in [5.41, 5.74) is 3.61. The lowest BCUT2D eigenvalue weighted by molar-refractivity contribution is -0.125. The lowest BCUT2D eigenvalue weighted by Gasteiger charge is -2.41. The molecule has 0 aliphatic carbocycles. The van der Waals surface area contributed by atoms with Crippen LogP contribution < -0.4 is 19.9 Å². The summed E-state index contributed by atoms with van der Waals surface area (Å²) in [6, 6.07) is 24.9. The molecule has 2 amide bonds. The Labute approximate surface area is 206 Å². The van der Waals surface area contributed by atoms with Crippen LogP contribution in [0.25, 0.3) is 0 Å². The average molecular weight is 470 g/mol. The third kappa shape index (κ3) is 4.74. The van der Waals surface area contributed by atoms with E-state index in [1.807, 2.05) is 72.8 Å². The van der Waals surface area contributed by atoms with Gasteiger partial charge in [-0.25, -0.2) is 0 Å². The van der Waals surface area contributed by atoms with Gasteiger partial charge in [-0.05, 0) is 61.2 Å². The van der Waals surface area contributed by atoms with E-state index in [9.17, 15) is 9.59 Å². The molecule has 35 heavy (non-hydrogen) atoms. The molecule has 6 heteroatoms. The van der Waals surface area contributed by atoms with Gasteiger partial charge in [0, 0.05) is 25.2 Å². The molecule has 1 N–H and O–H groups in total. The molecule has 2 atom stereocenters. The number of ether oxygens (including phenoxy) is 1. The minimum absolute atomic E-state index is 0.0190. The van der Waals surface area contributed by atoms with Gasteiger partial charge in [0.15, 0.2) is 0 Å². The Morgan fingerprint density at radius 3 is 2.31 bits per heavy atom. The first-order valence-corrected chi connectivity index (χ1v) is 12.3. The number of amides is 2. The number of methoxy groups -OCH3 is 1. The first-order chi connectivity index (χ1) is 17.2. The van der Waals surface area contributed by atoms with Crippen molar-refractivity contribution < 1.29 is 14.3 Å². The molecule has 180 valence electrons. The van der Waals surface area contributed by atoms with E-state index < -0.39 is 6.04 Å². The van der Waals surface area contributed by atoms with Gasteiger partial charge in [0.25, 0.3) is 0 Å². The highest BCUT2D eigenvalue weighted by atomic mass is 16.5. The van der Waals surface area contributed by atoms with Crippen molar-refractivity contribution in [3.05, 3.63) is 84.4 Å². The molecule has 2 aliphatic heterocycles. The molecule has 3 aromatic carbocycles. The maximum atomic E-state index is 13.8. The zero-order chi connectivity index (χ0) is 24.2. The molecular weight excluding hydrogens is 438 g/mol. The topological polar surface area (TPSA) is 61.9 Å². The van der Waals surface area contributed by atoms with Crippen molar-refractivity contribution in [3.8, 4) is 5.75 Å². The molecule has 6 nitrogen and oxygen atoms in total. The molecule has 3 aromatic rings. The van der Waals surface area contributed by atoms with Gasteiger partial charge in [0.1, 0.15) is 5.75 Å². The van der Waals surface area contributed by atoms with E-state index in [4.69, 9.17) is 4.74 Å². The maximum absolute atomic E-state index is 13.8. The average Bonchev–Trinajstić information content (AvgIpc) is 3.44. The number of nitrogens with one attached hydrogen (secondary N) is 1. The van der Waals surface area contributed by atoms with Crippen molar-refractivity contribution in [1.82, 2.24) is 0 Å². The molecular formula is C29H31N3O3. The Morgan fingerprint density at radius 1 is 0.914 bits per heavy atom. The molecule has 0 aromatic heterocycles. The zero-order valence-electron chi connectivity index (χ0n) is 20.0. The van der Waals surface area contributed by atoms with E-state index in [0.717, 1.165) is 41.5 Å². The van der Waals surface area contributed by atoms with E-state index in [0.29, 0.717) is 12.8 Å². The highest BCUT2D eigenvalue weighted by molar-refractivity contribution is 6.01. The number of rotatable bonds is 6. The van der Waals surface area contributed by atoms with E-state index in [2.05, 4.69) is 16.3 Å². The van der Waals surface area contributed by atoms with E-state index in [-0.39, 0.29) is 17.7 Å². The Morgan fingerprint density at radius 2 is 1.60 bits per heavy atom. The largest absolute Gasteiger partial charge is 0.497 e. The lowest BCUT2D eigenvalue weighted by Crippen LogP contribution is -2.47. The van der Waals surface area contributed by atoms with Gasteiger partial charge in [-0.15, -0.1) is 0 Å². The molecule has 0 spiro atoms. The maximum Gasteiger partial charge on any atom is 0.230 e. The monoisotopic (exact) mass is 469 g/mol. The second kappa shape index (κ2) is 10.2. The summed E-state index contributed by atoms with van der Waals surface area (Å²) < 4.78 is 5.30. The van der Waals surface area contributed by atoms with Crippen LogP contribution in [-0.4, -0.2) is 32.0 Å². The molecule has 0 unspecified atom stereocenters. The van der Waals surface area contributed by atoms with Gasteiger partial charge in [0.05, 0.1) is 30.4 Å². The van der Waals surface area contributed by atoms with Crippen LogP contribution in [0.15, 0.2) is 78.9 Å². The summed E-state index contributed by atoms with van der Waals surface area (Å²) in [6.45, 7) is 2.01. The van der Waals surface area contributed by atoms with Gasteiger partial charge in [0.2, 0.25) is 11.8 Å². The predicted octanol–water partition coefficient (Wildman–Crippen LogP) is 5.42. The third-order valence-electron chi connectivity index (χ3n) is 7.03. The molecule has 0 saturated carbocycles. The highest BCUT2D eigenvalue weighted by Gasteiger charge is 2.41. The Bertz CT molecular complexity index is 1170. The van der Waals surface area contributed by atoms with Gasteiger partial charge >= 0.3 is 0 Å². The number of nitrogens with zero attached hydrogens (tertiary/aromatic N) is 2. The number of hydrogen-bond acceptors (Lipinski definition) is 4. The first-order valence-electron chi connectivity index (χ1n) is 12.3. The minimum atomic E-state index is -0.398. The van der Waals surface area contributed by atoms with Crippen LogP contribution in [0.3, 0.4) is 0 Å². The third-order valence-corrected chi connectivity index (χ3v) is 7.03. The van der Waals surface area contributed by atoms with Crippen LogP contribution in [0.4, 0.5) is 17.1 Å². The van der Waals surface area contributed by atoms with Crippen LogP contribution in [0, 0.1) is 5.92 Å². The standard InChI is InChI=1S/C29H31N3O3/c1-35-23-15-13-22(14-16-23)32-27(33)18-17-24(28(32)21-9-3-2-4-10-21)29(34)30-25-11-5-6-12-26(25)31-19-7-8-20-31/h2-6,9-16,24,28H,7-8,17-20H2,1H3,(H,30,34)/t24-,28+/m0/s1. The van der Waals surface area contributed by atoms with Crippen LogP contribution in [0.5, 0.6) is 5.75 Å². The van der Waals surface area contributed by atoms with Gasteiger partial charge < -0.3 is 19.9 Å². The fourth-order valence-corrected chi connectivity index (χ4v) is 5.28. The number of para-hydroxylation sites is 2. The molecule has 0 radical (unpaired) electrons. The molecule has 2 heterocycles. The van der Waals surface area contributed by atoms with Crippen molar-refractivity contribution in [1.29, 1.82) is 0 Å². The SMILES string of the molecule is COc1ccc(N2C(=O)CC[C@H](C(=O)Nc3ccccc3N3CCCC3)[C@H]2c2ccccc2)cc1. The quantitative estimate of drug-likeness (QED) is 0.524. The highest BCUT2D eigenvalue weighted by Crippen LogP contribution is 2.41. The Kier molecular flexibility index (Phi) is 6.70. The smallest absolute Gasteiger partial charge is 0.230 e. The van der Waals surface area contributed by atoms with Crippen LogP contribution in [0.1, 0.15) is 37.3 Å². The van der Waals surface area contributed by atoms with Crippen molar-refractivity contribution >= 4 is 28.9 Å². The molecule has 2 fully saturated rings. The van der Waals surface area contributed by atoms with Gasteiger partial charge in [-0.1, -0.05) is 42.5 Å². The van der Waals surface area contributed by atoms with Crippen LogP contribution >= 0.6 is 0 Å². The van der Waals surface area contributed by atoms with Crippen molar-refractivity contribution in [2.24, 2.45) is 5.92 Å². The van der Waals surface area contributed by atoms with Crippen molar-refractivity contribution in [3.63, 3.8) is 0 Å². The zero-order valence-corrected chi connectivity index (χ0v) is 20.0. The lowest BCUT2D eigenvalue weighted by atomic mass is 9.83. The number of carbonyl (C=O) groups excluding carboxylic acids is 2. The molecule has 2 saturated heterocycles. The number of hydrogen-bond donors (Lipinski definition) is 1. The fourth-order valence-electron chi connectivity index (χ4n) is 5.28. The van der Waals surface area contributed by atoms with E-state index in [1.54, 1.807) is 12.0 Å². The van der Waals surface area contributed by atoms with Crippen LogP contribution in [0.2, 0.25) is 0 Å². The van der Waals surface area contributed by atoms with E-state index in [1.165, 1.54) is 12.8 Å². The molecule has 2 aliphatic rings. The predicted molar refractivity (Wildman–Crippen MR) is 139 cm³/mol. The summed E-state index contributed by atoms with van der Waals surface area (Å²) >= 11 is 0. The van der Waals surface area contributed by atoms with Crippen molar-refractivity contribution in [2.75, 3.05) is 35.3 Å². The molecule has 0 bridgehead atoms. The van der Waals surface area contributed by atoms with Crippen molar-refractivity contribution in [2.45, 2.75) is 31.7 Å². The Balaban J connectivity index is 1.48. The summed E-state index contributed by atoms with van der Waals surface area (Å²) in [7, 11) is 1.62. The second-order valence-electron chi connectivity index (χ2n) is 9.16. The van der Waals surface area contributed by atoms with E-state index >= 15 is 0 Å². The summed E-state index contributed by atoms with van der Waals surface area (Å²) in [6.07, 6.45) is 3.16. The number of anilines is 3. The Hall–Kier alpha value is -3.80. The summed E-state index contributed by atoms with van der Waals surface area (Å²) in [5.74, 6) is 0.299. The minimum Gasteiger partial charge on any atom is -0.497 e. The van der Waals surface area contributed by atoms with Gasteiger partial charge in [-0.2, -0.15) is 0 Å². The number of piperidine rings is 1. The number of carbonyl (C=O) groups is 2. The normalized spacial score (nSPS) is 20.1. The second-order valence-corrected chi connectivity index (χ2v) is 9.16. The summed E-state index contributed by atoms with van der Waals surface area (Å²) in [4.78, 5) is 31.2.